The molecule has 0 saturated carbocycles. The number of aromatic nitrogens is 2. The molecule has 10 heteroatoms. The molecule has 1 aliphatic rings. The second kappa shape index (κ2) is 8.39. The van der Waals surface area contributed by atoms with Crippen molar-refractivity contribution < 1.29 is 13.2 Å². The molecule has 1 aromatic carbocycles. The molecular weight excluding hydrogens is 386 g/mol. The van der Waals surface area contributed by atoms with E-state index in [4.69, 9.17) is 0 Å². The lowest BCUT2D eigenvalue weighted by atomic mass is 10.2. The molecule has 1 aromatic heterocycles. The SMILES string of the molecule is N#CC(=Cc1csnn1)C(=O)Nc1cccc(S(=O)(=O)N2CCCCC2)c1. The Balaban J connectivity index is 1.79. The highest BCUT2D eigenvalue weighted by atomic mass is 32.2. The number of benzene rings is 1. The fourth-order valence-electron chi connectivity index (χ4n) is 2.72. The van der Waals surface area contributed by atoms with Gasteiger partial charge in [-0.3, -0.25) is 4.79 Å². The van der Waals surface area contributed by atoms with Crippen molar-refractivity contribution in [1.82, 2.24) is 13.9 Å². The Morgan fingerprint density at radius 2 is 2.07 bits per heavy atom. The van der Waals surface area contributed by atoms with Crippen molar-refractivity contribution in [2.24, 2.45) is 0 Å². The Hall–Kier alpha value is -2.61. The smallest absolute Gasteiger partial charge is 0.266 e. The van der Waals surface area contributed by atoms with Crippen LogP contribution in [0.1, 0.15) is 25.0 Å². The normalized spacial score (nSPS) is 15.9. The zero-order valence-electron chi connectivity index (χ0n) is 14.3. The molecule has 2 heterocycles. The lowest BCUT2D eigenvalue weighted by Crippen LogP contribution is -2.35. The van der Waals surface area contributed by atoms with Crippen molar-refractivity contribution in [2.75, 3.05) is 18.4 Å². The van der Waals surface area contributed by atoms with Crippen molar-refractivity contribution >= 4 is 39.2 Å². The van der Waals surface area contributed by atoms with Gasteiger partial charge in [0.15, 0.2) is 0 Å². The molecule has 1 aliphatic heterocycles. The minimum atomic E-state index is -3.60. The third-order valence-electron chi connectivity index (χ3n) is 4.08. The summed E-state index contributed by atoms with van der Waals surface area (Å²) in [4.78, 5) is 12.4. The van der Waals surface area contributed by atoms with Gasteiger partial charge >= 0.3 is 0 Å². The number of rotatable bonds is 5. The molecule has 0 unspecified atom stereocenters. The average Bonchev–Trinajstić information content (AvgIpc) is 3.20. The van der Waals surface area contributed by atoms with E-state index < -0.39 is 15.9 Å². The molecule has 1 amide bonds. The highest BCUT2D eigenvalue weighted by Gasteiger charge is 2.26. The van der Waals surface area contributed by atoms with Crippen LogP contribution in [-0.2, 0) is 14.8 Å². The monoisotopic (exact) mass is 403 g/mol. The van der Waals surface area contributed by atoms with E-state index in [0.29, 0.717) is 24.5 Å². The minimum absolute atomic E-state index is 0.119. The first-order chi connectivity index (χ1) is 13.0. The molecule has 2 aromatic rings. The summed E-state index contributed by atoms with van der Waals surface area (Å²) in [6, 6.07) is 7.86. The maximum Gasteiger partial charge on any atom is 0.266 e. The second-order valence-electron chi connectivity index (χ2n) is 5.95. The standard InChI is InChI=1S/C17H17N5O3S2/c18-11-13(9-15-12-26-21-20-15)17(23)19-14-5-4-6-16(10-14)27(24,25)22-7-2-1-3-8-22/h4-6,9-10,12H,1-3,7-8H2,(H,19,23). The first kappa shape index (κ1) is 19.2. The van der Waals surface area contributed by atoms with E-state index >= 15 is 0 Å². The van der Waals surface area contributed by atoms with Gasteiger partial charge in [0.1, 0.15) is 11.6 Å². The Morgan fingerprint density at radius 3 is 2.74 bits per heavy atom. The van der Waals surface area contributed by atoms with Gasteiger partial charge in [-0.2, -0.15) is 9.57 Å². The molecule has 0 spiro atoms. The van der Waals surface area contributed by atoms with Crippen LogP contribution in [0, 0.1) is 11.3 Å². The van der Waals surface area contributed by atoms with Gasteiger partial charge in [0.2, 0.25) is 10.0 Å². The maximum absolute atomic E-state index is 12.8. The molecule has 0 aliphatic carbocycles. The van der Waals surface area contributed by atoms with E-state index in [1.807, 2.05) is 6.07 Å². The number of anilines is 1. The molecule has 27 heavy (non-hydrogen) atoms. The molecule has 0 bridgehead atoms. The molecule has 1 fully saturated rings. The highest BCUT2D eigenvalue weighted by Crippen LogP contribution is 2.23. The van der Waals surface area contributed by atoms with Gasteiger partial charge in [0.05, 0.1) is 10.6 Å². The fourth-order valence-corrected chi connectivity index (χ4v) is 4.69. The fraction of sp³-hybridized carbons (Fsp3) is 0.294. The number of hydrogen-bond acceptors (Lipinski definition) is 7. The average molecular weight is 403 g/mol. The first-order valence-electron chi connectivity index (χ1n) is 8.31. The third-order valence-corrected chi connectivity index (χ3v) is 6.50. The summed E-state index contributed by atoms with van der Waals surface area (Å²) >= 11 is 1.11. The van der Waals surface area contributed by atoms with E-state index in [9.17, 15) is 18.5 Å². The quantitative estimate of drug-likeness (QED) is 0.605. The van der Waals surface area contributed by atoms with Crippen LogP contribution in [0.5, 0.6) is 0 Å². The predicted octanol–water partition coefficient (Wildman–Crippen LogP) is 2.26. The van der Waals surface area contributed by atoms with Crippen molar-refractivity contribution in [3.8, 4) is 6.07 Å². The number of hydrogen-bond donors (Lipinski definition) is 1. The Labute approximate surface area is 161 Å². The zero-order valence-corrected chi connectivity index (χ0v) is 16.0. The van der Waals surface area contributed by atoms with Crippen molar-refractivity contribution in [1.29, 1.82) is 5.26 Å². The Bertz CT molecular complexity index is 988. The molecule has 0 atom stereocenters. The topological polar surface area (TPSA) is 116 Å². The summed E-state index contributed by atoms with van der Waals surface area (Å²) in [5.41, 5.74) is 0.566. The summed E-state index contributed by atoms with van der Waals surface area (Å²) in [5.74, 6) is -0.641. The maximum atomic E-state index is 12.8. The van der Waals surface area contributed by atoms with Crippen molar-refractivity contribution in [3.63, 3.8) is 0 Å². The summed E-state index contributed by atoms with van der Waals surface area (Å²) in [7, 11) is -3.60. The summed E-state index contributed by atoms with van der Waals surface area (Å²) < 4.78 is 30.7. The number of piperidine rings is 1. The molecule has 1 saturated heterocycles. The van der Waals surface area contributed by atoms with Crippen LogP contribution in [0.3, 0.4) is 0 Å². The number of sulfonamides is 1. The van der Waals surface area contributed by atoms with E-state index in [0.717, 1.165) is 30.8 Å². The van der Waals surface area contributed by atoms with Crippen LogP contribution < -0.4 is 5.32 Å². The van der Waals surface area contributed by atoms with Crippen LogP contribution in [0.2, 0.25) is 0 Å². The zero-order chi connectivity index (χ0) is 19.3. The van der Waals surface area contributed by atoms with Crippen LogP contribution in [-0.4, -0.2) is 41.3 Å². The van der Waals surface area contributed by atoms with E-state index in [2.05, 4.69) is 14.9 Å². The summed E-state index contributed by atoms with van der Waals surface area (Å²) in [6.07, 6.45) is 4.04. The van der Waals surface area contributed by atoms with Crippen LogP contribution >= 0.6 is 11.5 Å². The van der Waals surface area contributed by atoms with Gasteiger partial charge in [-0.15, -0.1) is 5.10 Å². The predicted molar refractivity (Wildman–Crippen MR) is 101 cm³/mol. The Morgan fingerprint density at radius 1 is 1.30 bits per heavy atom. The van der Waals surface area contributed by atoms with Gasteiger partial charge < -0.3 is 5.32 Å². The largest absolute Gasteiger partial charge is 0.321 e. The molecular formula is C17H17N5O3S2. The minimum Gasteiger partial charge on any atom is -0.321 e. The highest BCUT2D eigenvalue weighted by molar-refractivity contribution is 7.89. The molecule has 1 N–H and O–H groups in total. The van der Waals surface area contributed by atoms with Gasteiger partial charge in [0.25, 0.3) is 5.91 Å². The van der Waals surface area contributed by atoms with E-state index in [1.54, 1.807) is 17.5 Å². The van der Waals surface area contributed by atoms with E-state index in [-0.39, 0.29) is 10.5 Å². The number of nitriles is 1. The molecule has 8 nitrogen and oxygen atoms in total. The first-order valence-corrected chi connectivity index (χ1v) is 10.6. The number of nitrogens with zero attached hydrogens (tertiary/aromatic N) is 4. The summed E-state index contributed by atoms with van der Waals surface area (Å²) in [5, 5.41) is 17.1. The Kier molecular flexibility index (Phi) is 5.95. The van der Waals surface area contributed by atoms with Crippen LogP contribution in [0.25, 0.3) is 6.08 Å². The number of amides is 1. The second-order valence-corrected chi connectivity index (χ2v) is 8.49. The van der Waals surface area contributed by atoms with Gasteiger partial charge in [-0.25, -0.2) is 8.42 Å². The number of nitrogens with one attached hydrogen (secondary N) is 1. The number of carbonyl (C=O) groups is 1. The third kappa shape index (κ3) is 4.57. The number of carbonyl (C=O) groups excluding carboxylic acids is 1. The van der Waals surface area contributed by atoms with Gasteiger partial charge in [-0.05, 0) is 48.6 Å². The van der Waals surface area contributed by atoms with Crippen molar-refractivity contribution in [3.05, 3.63) is 40.9 Å². The summed E-state index contributed by atoms with van der Waals surface area (Å²) in [6.45, 7) is 1.00. The molecule has 0 radical (unpaired) electrons. The van der Waals surface area contributed by atoms with Crippen molar-refractivity contribution in [2.45, 2.75) is 24.2 Å². The molecule has 140 valence electrons. The van der Waals surface area contributed by atoms with E-state index in [1.165, 1.54) is 22.5 Å². The molecule has 3 rings (SSSR count). The van der Waals surface area contributed by atoms with Crippen LogP contribution in [0.15, 0.2) is 40.1 Å². The van der Waals surface area contributed by atoms with Gasteiger partial charge in [-0.1, -0.05) is 17.0 Å². The lowest BCUT2D eigenvalue weighted by molar-refractivity contribution is -0.112. The van der Waals surface area contributed by atoms with Crippen LogP contribution in [0.4, 0.5) is 5.69 Å². The lowest BCUT2D eigenvalue weighted by Gasteiger charge is -2.26. The van der Waals surface area contributed by atoms with Gasteiger partial charge in [0, 0.05) is 24.2 Å².